The van der Waals surface area contributed by atoms with Crippen molar-refractivity contribution >= 4 is 20.7 Å². The second kappa shape index (κ2) is 3.89. The fourth-order valence-electron chi connectivity index (χ4n) is 1.64. The molecule has 1 heterocycles. The van der Waals surface area contributed by atoms with E-state index >= 15 is 0 Å². The Morgan fingerprint density at radius 3 is 2.59 bits per heavy atom. The molecule has 0 amide bonds. The number of rotatable bonds is 2. The summed E-state index contributed by atoms with van der Waals surface area (Å²) in [6, 6.07) is 6.49. The van der Waals surface area contributed by atoms with Crippen LogP contribution in [-0.4, -0.2) is 24.3 Å². The molecule has 0 aliphatic carbocycles. The van der Waals surface area contributed by atoms with Crippen molar-refractivity contribution in [2.75, 3.05) is 5.75 Å². The predicted octanol–water partition coefficient (Wildman–Crippen LogP) is 1.03. The number of hydrogen-bond donors (Lipinski definition) is 2. The zero-order valence-corrected chi connectivity index (χ0v) is 9.91. The fraction of sp³-hybridized carbons (Fsp3) is 0.182. The van der Waals surface area contributed by atoms with E-state index in [1.165, 1.54) is 6.92 Å². The van der Waals surface area contributed by atoms with Gasteiger partial charge in [0.2, 0.25) is 0 Å². The van der Waals surface area contributed by atoms with Crippen LogP contribution in [0.25, 0.3) is 10.9 Å². The maximum absolute atomic E-state index is 11.7. The van der Waals surface area contributed by atoms with Gasteiger partial charge in [0.15, 0.2) is 14.7 Å². The number of nitrogens with one attached hydrogen (secondary N) is 1. The topological polar surface area (TPSA) is 87.2 Å². The van der Waals surface area contributed by atoms with E-state index in [0.717, 1.165) is 0 Å². The molecule has 2 aromatic rings. The van der Waals surface area contributed by atoms with Crippen molar-refractivity contribution < 1.29 is 13.5 Å². The third kappa shape index (κ3) is 1.80. The van der Waals surface area contributed by atoms with E-state index < -0.39 is 26.0 Å². The molecule has 0 unspecified atom stereocenters. The van der Waals surface area contributed by atoms with E-state index in [1.807, 2.05) is 0 Å². The molecule has 1 aromatic carbocycles. The van der Waals surface area contributed by atoms with Crippen molar-refractivity contribution in [1.29, 1.82) is 0 Å². The van der Waals surface area contributed by atoms with Crippen LogP contribution in [0, 0.1) is 0 Å². The van der Waals surface area contributed by atoms with E-state index in [2.05, 4.69) is 4.98 Å². The third-order valence-corrected chi connectivity index (χ3v) is 4.30. The van der Waals surface area contributed by atoms with Gasteiger partial charge in [-0.15, -0.1) is 0 Å². The Kier molecular flexibility index (Phi) is 2.66. The van der Waals surface area contributed by atoms with Crippen LogP contribution < -0.4 is 5.56 Å². The average molecular weight is 253 g/mol. The van der Waals surface area contributed by atoms with Crippen LogP contribution in [0.1, 0.15) is 6.92 Å². The Morgan fingerprint density at radius 2 is 1.94 bits per heavy atom. The minimum atomic E-state index is -3.74. The smallest absolute Gasteiger partial charge is 0.271 e. The molecular formula is C11H11NO4S. The van der Waals surface area contributed by atoms with Crippen molar-refractivity contribution in [1.82, 2.24) is 4.98 Å². The number of aromatic nitrogens is 1. The summed E-state index contributed by atoms with van der Waals surface area (Å²) >= 11 is 0. The SMILES string of the molecule is CCS(=O)(=O)c1c(O)c2ccccc2[nH]c1=O. The molecule has 5 nitrogen and oxygen atoms in total. The van der Waals surface area contributed by atoms with Gasteiger partial charge in [-0.1, -0.05) is 19.1 Å². The molecule has 0 saturated heterocycles. The highest BCUT2D eigenvalue weighted by molar-refractivity contribution is 7.91. The minimum absolute atomic E-state index is 0.234. The molecule has 0 aliphatic rings. The normalized spacial score (nSPS) is 11.8. The van der Waals surface area contributed by atoms with E-state index in [9.17, 15) is 18.3 Å². The number of para-hydroxylation sites is 1. The summed E-state index contributed by atoms with van der Waals surface area (Å²) < 4.78 is 23.4. The van der Waals surface area contributed by atoms with Crippen LogP contribution >= 0.6 is 0 Å². The molecule has 0 spiro atoms. The third-order valence-electron chi connectivity index (χ3n) is 2.54. The Balaban J connectivity index is 2.97. The first-order valence-electron chi connectivity index (χ1n) is 5.04. The first-order chi connectivity index (χ1) is 7.97. The second-order valence-electron chi connectivity index (χ2n) is 3.58. The first-order valence-corrected chi connectivity index (χ1v) is 6.69. The second-order valence-corrected chi connectivity index (χ2v) is 5.80. The molecule has 0 saturated carbocycles. The number of aromatic amines is 1. The van der Waals surface area contributed by atoms with E-state index in [1.54, 1.807) is 24.3 Å². The Hall–Kier alpha value is -1.82. The van der Waals surface area contributed by atoms with Gasteiger partial charge in [0, 0.05) is 5.39 Å². The maximum Gasteiger partial charge on any atom is 0.271 e. The van der Waals surface area contributed by atoms with Gasteiger partial charge in [0.05, 0.1) is 11.3 Å². The highest BCUT2D eigenvalue weighted by atomic mass is 32.2. The molecule has 0 fully saturated rings. The lowest BCUT2D eigenvalue weighted by molar-refractivity contribution is 0.463. The van der Waals surface area contributed by atoms with Gasteiger partial charge in [0.1, 0.15) is 5.75 Å². The predicted molar refractivity (Wildman–Crippen MR) is 64.0 cm³/mol. The van der Waals surface area contributed by atoms with Crippen molar-refractivity contribution in [2.24, 2.45) is 0 Å². The van der Waals surface area contributed by atoms with E-state index in [-0.39, 0.29) is 5.75 Å². The number of hydrogen-bond acceptors (Lipinski definition) is 4. The van der Waals surface area contributed by atoms with Crippen LogP contribution in [0.15, 0.2) is 34.0 Å². The fourth-order valence-corrected chi connectivity index (χ4v) is 2.67. The quantitative estimate of drug-likeness (QED) is 0.836. The zero-order valence-electron chi connectivity index (χ0n) is 9.10. The van der Waals surface area contributed by atoms with Crippen LogP contribution in [0.3, 0.4) is 0 Å². The van der Waals surface area contributed by atoms with Crippen LogP contribution in [0.5, 0.6) is 5.75 Å². The minimum Gasteiger partial charge on any atom is -0.506 e. The lowest BCUT2D eigenvalue weighted by Gasteiger charge is -2.06. The molecule has 0 bridgehead atoms. The molecule has 1 aromatic heterocycles. The largest absolute Gasteiger partial charge is 0.506 e. The molecule has 6 heteroatoms. The van der Waals surface area contributed by atoms with E-state index in [0.29, 0.717) is 10.9 Å². The number of fused-ring (bicyclic) bond motifs is 1. The van der Waals surface area contributed by atoms with Crippen molar-refractivity contribution in [3.8, 4) is 5.75 Å². The summed E-state index contributed by atoms with van der Waals surface area (Å²) in [6.45, 7) is 1.42. The molecule has 2 N–H and O–H groups in total. The van der Waals surface area contributed by atoms with Crippen LogP contribution in [-0.2, 0) is 9.84 Å². The highest BCUT2D eigenvalue weighted by Gasteiger charge is 2.23. The van der Waals surface area contributed by atoms with Gasteiger partial charge in [0.25, 0.3) is 5.56 Å². The lowest BCUT2D eigenvalue weighted by atomic mass is 10.2. The standard InChI is InChI=1S/C11H11NO4S/c1-2-17(15,16)10-9(13)7-5-3-4-6-8(7)12-11(10)14/h3-6H,2H2,1H3,(H2,12,13,14). The molecule has 0 atom stereocenters. The summed E-state index contributed by atoms with van der Waals surface area (Å²) in [4.78, 5) is 13.6. The summed E-state index contributed by atoms with van der Waals surface area (Å²) in [5.74, 6) is -0.715. The molecule has 0 aliphatic heterocycles. The summed E-state index contributed by atoms with van der Waals surface area (Å²) in [5.41, 5.74) is -0.381. The highest BCUT2D eigenvalue weighted by Crippen LogP contribution is 2.27. The molecule has 17 heavy (non-hydrogen) atoms. The Morgan fingerprint density at radius 1 is 1.29 bits per heavy atom. The van der Waals surface area contributed by atoms with Crippen molar-refractivity contribution in [3.05, 3.63) is 34.6 Å². The zero-order chi connectivity index (χ0) is 12.6. The van der Waals surface area contributed by atoms with Crippen molar-refractivity contribution in [2.45, 2.75) is 11.8 Å². The van der Waals surface area contributed by atoms with Gasteiger partial charge in [-0.3, -0.25) is 4.79 Å². The molecule has 0 radical (unpaired) electrons. The van der Waals surface area contributed by atoms with Gasteiger partial charge in [-0.2, -0.15) is 0 Å². The van der Waals surface area contributed by atoms with Gasteiger partial charge in [-0.25, -0.2) is 8.42 Å². The van der Waals surface area contributed by atoms with Crippen molar-refractivity contribution in [3.63, 3.8) is 0 Å². The summed E-state index contributed by atoms with van der Waals surface area (Å²) in [6.07, 6.45) is 0. The summed E-state index contributed by atoms with van der Waals surface area (Å²) in [7, 11) is -3.74. The molecular weight excluding hydrogens is 242 g/mol. The van der Waals surface area contributed by atoms with Gasteiger partial charge in [-0.05, 0) is 12.1 Å². The van der Waals surface area contributed by atoms with Crippen LogP contribution in [0.4, 0.5) is 0 Å². The Labute approximate surface area is 97.6 Å². The Bertz CT molecular complexity index is 731. The number of H-pyrrole nitrogens is 1. The number of aromatic hydroxyl groups is 1. The van der Waals surface area contributed by atoms with Crippen LogP contribution in [0.2, 0.25) is 0 Å². The van der Waals surface area contributed by atoms with E-state index in [4.69, 9.17) is 0 Å². The first kappa shape index (κ1) is 11.7. The lowest BCUT2D eigenvalue weighted by Crippen LogP contribution is -2.19. The average Bonchev–Trinajstić information content (AvgIpc) is 2.28. The maximum atomic E-state index is 11.7. The number of sulfone groups is 1. The number of pyridine rings is 1. The monoisotopic (exact) mass is 253 g/mol. The summed E-state index contributed by atoms with van der Waals surface area (Å²) in [5, 5.41) is 10.2. The van der Waals surface area contributed by atoms with Gasteiger partial charge < -0.3 is 10.1 Å². The van der Waals surface area contributed by atoms with Gasteiger partial charge >= 0.3 is 0 Å². The molecule has 2 rings (SSSR count). The number of benzene rings is 1. The molecule has 90 valence electrons.